The minimum Gasteiger partial charge on any atom is -0.466 e. The number of carbonyl (C=O) groups excluding carboxylic acids is 2. The van der Waals surface area contributed by atoms with Crippen molar-refractivity contribution in [3.05, 3.63) is 48.2 Å². The van der Waals surface area contributed by atoms with Crippen molar-refractivity contribution < 1.29 is 18.7 Å². The van der Waals surface area contributed by atoms with Crippen LogP contribution in [-0.2, 0) is 20.7 Å². The molecule has 3 aromatic rings. The highest BCUT2D eigenvalue weighted by Gasteiger charge is 2.29. The van der Waals surface area contributed by atoms with Crippen LogP contribution < -0.4 is 0 Å². The molecule has 0 aliphatic carbocycles. The van der Waals surface area contributed by atoms with E-state index in [-0.39, 0.29) is 24.2 Å². The Kier molecular flexibility index (Phi) is 4.84. The minimum absolute atomic E-state index is 0.0274. The Bertz CT molecular complexity index is 990. The molecule has 1 atom stereocenters. The first kappa shape index (κ1) is 17.6. The molecule has 1 amide bonds. The fraction of sp³-hybridized carbons (Fsp3) is 0.364. The molecule has 5 nitrogen and oxygen atoms in total. The smallest absolute Gasteiger partial charge is 0.310 e. The van der Waals surface area contributed by atoms with Gasteiger partial charge in [0.15, 0.2) is 0 Å². The summed E-state index contributed by atoms with van der Waals surface area (Å²) >= 11 is 0. The molecule has 1 fully saturated rings. The number of ether oxygens (including phenoxy) is 1. The molecule has 0 saturated carbocycles. The third kappa shape index (κ3) is 3.42. The lowest BCUT2D eigenvalue weighted by Crippen LogP contribution is -2.43. The van der Waals surface area contributed by atoms with Crippen LogP contribution in [0, 0.1) is 5.92 Å². The van der Waals surface area contributed by atoms with Gasteiger partial charge < -0.3 is 14.1 Å². The van der Waals surface area contributed by atoms with E-state index in [2.05, 4.69) is 12.1 Å². The van der Waals surface area contributed by atoms with E-state index in [1.54, 1.807) is 18.1 Å². The molecule has 1 aromatic heterocycles. The summed E-state index contributed by atoms with van der Waals surface area (Å²) in [7, 11) is 0. The zero-order chi connectivity index (χ0) is 18.8. The van der Waals surface area contributed by atoms with Gasteiger partial charge >= 0.3 is 5.97 Å². The summed E-state index contributed by atoms with van der Waals surface area (Å²) in [5.41, 5.74) is 1.68. The number of hydrogen-bond acceptors (Lipinski definition) is 4. The molecule has 5 heteroatoms. The van der Waals surface area contributed by atoms with Gasteiger partial charge in [0, 0.05) is 24.0 Å². The molecule has 0 spiro atoms. The maximum Gasteiger partial charge on any atom is 0.310 e. The topological polar surface area (TPSA) is 59.8 Å². The standard InChI is InChI=1S/C22H23NO4/c1-2-26-22(25)16-7-5-11-23(13-16)20(24)12-17-14-27-19-10-9-15-6-3-4-8-18(15)21(17)19/h3-4,6,8-10,14,16H,2,5,7,11-13H2,1H3. The van der Waals surface area contributed by atoms with Crippen LogP contribution in [0.25, 0.3) is 21.7 Å². The molecule has 1 unspecified atom stereocenters. The maximum atomic E-state index is 12.9. The first-order chi connectivity index (χ1) is 13.2. The predicted molar refractivity (Wildman–Crippen MR) is 103 cm³/mol. The molecule has 2 aromatic carbocycles. The number of rotatable bonds is 4. The van der Waals surface area contributed by atoms with E-state index in [1.165, 1.54) is 0 Å². The summed E-state index contributed by atoms with van der Waals surface area (Å²) in [6, 6.07) is 12.1. The van der Waals surface area contributed by atoms with E-state index >= 15 is 0 Å². The largest absolute Gasteiger partial charge is 0.466 e. The van der Waals surface area contributed by atoms with Gasteiger partial charge in [-0.3, -0.25) is 9.59 Å². The second-order valence-corrected chi connectivity index (χ2v) is 7.03. The van der Waals surface area contributed by atoms with Crippen molar-refractivity contribution in [3.63, 3.8) is 0 Å². The molecule has 0 bridgehead atoms. The van der Waals surface area contributed by atoms with Crippen LogP contribution >= 0.6 is 0 Å². The van der Waals surface area contributed by atoms with Crippen LogP contribution in [-0.4, -0.2) is 36.5 Å². The number of fused-ring (bicyclic) bond motifs is 3. The average molecular weight is 365 g/mol. The quantitative estimate of drug-likeness (QED) is 0.657. The Morgan fingerprint density at radius 2 is 2.07 bits per heavy atom. The van der Waals surface area contributed by atoms with Gasteiger partial charge in [0.1, 0.15) is 5.58 Å². The number of piperidine rings is 1. The second kappa shape index (κ2) is 7.43. The second-order valence-electron chi connectivity index (χ2n) is 7.03. The van der Waals surface area contributed by atoms with Crippen molar-refractivity contribution in [2.75, 3.05) is 19.7 Å². The highest BCUT2D eigenvalue weighted by molar-refractivity contribution is 6.08. The Labute approximate surface area is 157 Å². The van der Waals surface area contributed by atoms with Gasteiger partial charge in [-0.2, -0.15) is 0 Å². The van der Waals surface area contributed by atoms with Gasteiger partial charge in [-0.15, -0.1) is 0 Å². The molecule has 0 N–H and O–H groups in total. The highest BCUT2D eigenvalue weighted by atomic mass is 16.5. The number of likely N-dealkylation sites (tertiary alicyclic amines) is 1. The molecular formula is C22H23NO4. The fourth-order valence-corrected chi connectivity index (χ4v) is 3.94. The summed E-state index contributed by atoms with van der Waals surface area (Å²) in [5.74, 6) is -0.390. The van der Waals surface area contributed by atoms with E-state index in [0.29, 0.717) is 19.7 Å². The van der Waals surface area contributed by atoms with Crippen LogP contribution in [0.1, 0.15) is 25.3 Å². The first-order valence-electron chi connectivity index (χ1n) is 9.49. The van der Waals surface area contributed by atoms with E-state index in [0.717, 1.165) is 40.1 Å². The van der Waals surface area contributed by atoms with E-state index in [9.17, 15) is 9.59 Å². The number of carbonyl (C=O) groups is 2. The Hall–Kier alpha value is -2.82. The van der Waals surface area contributed by atoms with Gasteiger partial charge in [-0.05, 0) is 36.6 Å². The van der Waals surface area contributed by atoms with Crippen LogP contribution in [0.3, 0.4) is 0 Å². The molecule has 27 heavy (non-hydrogen) atoms. The molecule has 1 aliphatic rings. The lowest BCUT2D eigenvalue weighted by molar-refractivity contribution is -0.151. The van der Waals surface area contributed by atoms with Crippen LogP contribution in [0.2, 0.25) is 0 Å². The summed E-state index contributed by atoms with van der Waals surface area (Å²) in [4.78, 5) is 26.7. The van der Waals surface area contributed by atoms with Crippen molar-refractivity contribution in [2.24, 2.45) is 5.92 Å². The number of nitrogens with zero attached hydrogens (tertiary/aromatic N) is 1. The summed E-state index contributed by atoms with van der Waals surface area (Å²) in [6.45, 7) is 3.30. The fourth-order valence-electron chi connectivity index (χ4n) is 3.94. The molecule has 0 radical (unpaired) electrons. The molecule has 2 heterocycles. The van der Waals surface area contributed by atoms with E-state index in [4.69, 9.17) is 9.15 Å². The molecule has 1 saturated heterocycles. The van der Waals surface area contributed by atoms with Gasteiger partial charge in [-0.25, -0.2) is 0 Å². The van der Waals surface area contributed by atoms with E-state index in [1.807, 2.05) is 24.3 Å². The Morgan fingerprint density at radius 3 is 2.93 bits per heavy atom. The first-order valence-corrected chi connectivity index (χ1v) is 9.49. The molecule has 1 aliphatic heterocycles. The number of furan rings is 1. The van der Waals surface area contributed by atoms with Crippen LogP contribution in [0.15, 0.2) is 47.1 Å². The van der Waals surface area contributed by atoms with Crippen molar-refractivity contribution in [3.8, 4) is 0 Å². The lowest BCUT2D eigenvalue weighted by atomic mass is 9.97. The number of hydrogen-bond donors (Lipinski definition) is 0. The molecular weight excluding hydrogens is 342 g/mol. The third-order valence-corrected chi connectivity index (χ3v) is 5.28. The molecule has 140 valence electrons. The third-order valence-electron chi connectivity index (χ3n) is 5.28. The van der Waals surface area contributed by atoms with Crippen LogP contribution in [0.4, 0.5) is 0 Å². The predicted octanol–water partition coefficient (Wildman–Crippen LogP) is 3.93. The van der Waals surface area contributed by atoms with Gasteiger partial charge in [0.05, 0.1) is 25.2 Å². The van der Waals surface area contributed by atoms with Crippen molar-refractivity contribution in [1.82, 2.24) is 4.90 Å². The summed E-state index contributed by atoms with van der Waals surface area (Å²) in [6.07, 6.45) is 3.56. The number of esters is 1. The van der Waals surface area contributed by atoms with Crippen molar-refractivity contribution >= 4 is 33.6 Å². The number of amides is 1. The zero-order valence-corrected chi connectivity index (χ0v) is 15.4. The summed E-state index contributed by atoms with van der Waals surface area (Å²) in [5, 5.41) is 3.22. The van der Waals surface area contributed by atoms with E-state index < -0.39 is 0 Å². The Balaban J connectivity index is 1.56. The monoisotopic (exact) mass is 365 g/mol. The van der Waals surface area contributed by atoms with Crippen LogP contribution in [0.5, 0.6) is 0 Å². The average Bonchev–Trinajstić information content (AvgIpc) is 3.11. The number of benzene rings is 2. The van der Waals surface area contributed by atoms with Gasteiger partial charge in [0.25, 0.3) is 0 Å². The highest BCUT2D eigenvalue weighted by Crippen LogP contribution is 2.30. The Morgan fingerprint density at radius 1 is 1.22 bits per heavy atom. The zero-order valence-electron chi connectivity index (χ0n) is 15.4. The SMILES string of the molecule is CCOC(=O)C1CCCN(C(=O)Cc2coc3ccc4ccccc4c23)C1. The van der Waals surface area contributed by atoms with Crippen molar-refractivity contribution in [1.29, 1.82) is 0 Å². The van der Waals surface area contributed by atoms with Gasteiger partial charge in [0.2, 0.25) is 5.91 Å². The lowest BCUT2D eigenvalue weighted by Gasteiger charge is -2.31. The van der Waals surface area contributed by atoms with Crippen molar-refractivity contribution in [2.45, 2.75) is 26.2 Å². The summed E-state index contributed by atoms with van der Waals surface area (Å²) < 4.78 is 10.8. The van der Waals surface area contributed by atoms with Gasteiger partial charge in [-0.1, -0.05) is 30.3 Å². The maximum absolute atomic E-state index is 12.9. The normalized spacial score (nSPS) is 17.4. The molecule has 4 rings (SSSR count). The minimum atomic E-state index is -0.218.